The molecule has 2 aliphatic carbocycles. The van der Waals surface area contributed by atoms with Gasteiger partial charge in [-0.3, -0.25) is 4.79 Å². The average molecular weight is 386 g/mol. The highest BCUT2D eigenvalue weighted by Crippen LogP contribution is 2.68. The van der Waals surface area contributed by atoms with E-state index in [2.05, 4.69) is 49.5 Å². The number of carbonyl (C=O) groups excluding carboxylic acids is 1. The summed E-state index contributed by atoms with van der Waals surface area (Å²) < 4.78 is 11.4. The number of hydrogen-bond donors (Lipinski definition) is 1. The Kier molecular flexibility index (Phi) is 5.54. The molecule has 0 aromatic heterocycles. The van der Waals surface area contributed by atoms with E-state index in [4.69, 9.17) is 9.47 Å². The normalized spacial score (nSPS) is 35.5. The van der Waals surface area contributed by atoms with Crippen LogP contribution in [0.3, 0.4) is 0 Å². The Bertz CT molecular complexity index is 688. The van der Waals surface area contributed by atoms with E-state index in [0.29, 0.717) is 31.0 Å². The van der Waals surface area contributed by atoms with Crippen LogP contribution in [0.4, 0.5) is 0 Å². The van der Waals surface area contributed by atoms with Crippen molar-refractivity contribution in [2.24, 2.45) is 22.7 Å². The third-order valence-corrected chi connectivity index (χ3v) is 8.02. The van der Waals surface area contributed by atoms with Crippen LogP contribution < -0.4 is 5.32 Å². The molecule has 1 N–H and O–H groups in total. The van der Waals surface area contributed by atoms with Gasteiger partial charge in [0.05, 0.1) is 12.7 Å². The number of fused-ring (bicyclic) bond motifs is 1. The van der Waals surface area contributed by atoms with Crippen molar-refractivity contribution in [3.63, 3.8) is 0 Å². The lowest BCUT2D eigenvalue weighted by Gasteiger charge is -2.53. The van der Waals surface area contributed by atoms with Gasteiger partial charge in [0.1, 0.15) is 0 Å². The highest BCUT2D eigenvalue weighted by atomic mass is 16.5. The van der Waals surface area contributed by atoms with Gasteiger partial charge in [-0.1, -0.05) is 44.2 Å². The van der Waals surface area contributed by atoms with Crippen LogP contribution >= 0.6 is 0 Å². The minimum absolute atomic E-state index is 0.132. The Hall–Kier alpha value is -1.39. The molecule has 1 aromatic carbocycles. The van der Waals surface area contributed by atoms with E-state index in [0.717, 1.165) is 25.9 Å². The van der Waals surface area contributed by atoms with E-state index in [1.807, 2.05) is 0 Å². The Morgan fingerprint density at radius 1 is 1.29 bits per heavy atom. The molecule has 1 saturated heterocycles. The number of carbonyl (C=O) groups is 1. The molecule has 5 atom stereocenters. The molecule has 2 saturated carbocycles. The van der Waals surface area contributed by atoms with Gasteiger partial charge in [0.15, 0.2) is 0 Å². The lowest BCUT2D eigenvalue weighted by atomic mass is 9.59. The summed E-state index contributed by atoms with van der Waals surface area (Å²) >= 11 is 0. The van der Waals surface area contributed by atoms with Crippen molar-refractivity contribution in [1.82, 2.24) is 5.32 Å². The third kappa shape index (κ3) is 3.39. The molecule has 4 rings (SSSR count). The van der Waals surface area contributed by atoms with E-state index >= 15 is 0 Å². The first-order valence-electron chi connectivity index (χ1n) is 10.9. The Morgan fingerprint density at radius 2 is 2.07 bits per heavy atom. The number of rotatable bonds is 7. The van der Waals surface area contributed by atoms with Crippen LogP contribution in [-0.2, 0) is 20.7 Å². The number of nitrogens with one attached hydrogen (secondary N) is 1. The quantitative estimate of drug-likeness (QED) is 0.772. The zero-order valence-electron chi connectivity index (χ0n) is 17.6. The molecule has 1 spiro atoms. The summed E-state index contributed by atoms with van der Waals surface area (Å²) in [7, 11) is 1.65. The van der Waals surface area contributed by atoms with Crippen LogP contribution in [-0.4, -0.2) is 38.4 Å². The van der Waals surface area contributed by atoms with Crippen molar-refractivity contribution < 1.29 is 14.3 Å². The van der Waals surface area contributed by atoms with Crippen molar-refractivity contribution >= 4 is 5.91 Å². The maximum atomic E-state index is 12.6. The second kappa shape index (κ2) is 7.79. The van der Waals surface area contributed by atoms with E-state index in [1.54, 1.807) is 7.11 Å². The summed E-state index contributed by atoms with van der Waals surface area (Å²) in [5.41, 5.74) is 1.75. The zero-order valence-corrected chi connectivity index (χ0v) is 17.6. The Labute approximate surface area is 169 Å². The summed E-state index contributed by atoms with van der Waals surface area (Å²) in [5, 5.41) is 3.45. The first-order valence-corrected chi connectivity index (χ1v) is 10.9. The minimum atomic E-state index is 0.132. The largest absolute Gasteiger partial charge is 0.384 e. The summed E-state index contributed by atoms with van der Waals surface area (Å²) in [6, 6.07) is 11.0. The molecular weight excluding hydrogens is 350 g/mol. The Balaban J connectivity index is 1.49. The van der Waals surface area contributed by atoms with Gasteiger partial charge in [0.25, 0.3) is 0 Å². The minimum Gasteiger partial charge on any atom is -0.384 e. The SMILES string of the molecule is COCCC(=O)N[C@H]1C(C)(C)[C@@H]2C[C@@H]3[C@@H](CCc4ccccc4)OCCC31C2. The lowest BCUT2D eigenvalue weighted by Crippen LogP contribution is -2.60. The molecule has 1 unspecified atom stereocenters. The first kappa shape index (κ1) is 19.9. The molecule has 1 aliphatic heterocycles. The second-order valence-electron chi connectivity index (χ2n) is 9.72. The molecule has 4 nitrogen and oxygen atoms in total. The smallest absolute Gasteiger partial charge is 0.222 e. The molecule has 3 fully saturated rings. The number of aryl methyl sites for hydroxylation is 1. The van der Waals surface area contributed by atoms with Crippen LogP contribution in [0.25, 0.3) is 0 Å². The van der Waals surface area contributed by atoms with E-state index in [-0.39, 0.29) is 22.8 Å². The number of hydrogen-bond acceptors (Lipinski definition) is 3. The molecule has 4 heteroatoms. The van der Waals surface area contributed by atoms with Crippen LogP contribution in [0, 0.1) is 22.7 Å². The van der Waals surface area contributed by atoms with Gasteiger partial charge in [-0.15, -0.1) is 0 Å². The molecule has 3 aliphatic rings. The summed E-state index contributed by atoms with van der Waals surface area (Å²) in [5.74, 6) is 1.37. The monoisotopic (exact) mass is 385 g/mol. The van der Waals surface area contributed by atoms with Crippen LogP contribution in [0.1, 0.15) is 51.5 Å². The van der Waals surface area contributed by atoms with E-state index in [9.17, 15) is 4.79 Å². The second-order valence-corrected chi connectivity index (χ2v) is 9.72. The van der Waals surface area contributed by atoms with Gasteiger partial charge in [0, 0.05) is 26.2 Å². The lowest BCUT2D eigenvalue weighted by molar-refractivity contribution is -0.137. The van der Waals surface area contributed by atoms with Gasteiger partial charge in [-0.05, 0) is 60.3 Å². The van der Waals surface area contributed by atoms with Crippen molar-refractivity contribution in [2.45, 2.75) is 64.5 Å². The predicted molar refractivity (Wildman–Crippen MR) is 110 cm³/mol. The van der Waals surface area contributed by atoms with Crippen LogP contribution in [0.2, 0.25) is 0 Å². The van der Waals surface area contributed by atoms with Crippen molar-refractivity contribution in [3.05, 3.63) is 35.9 Å². The fraction of sp³-hybridized carbons (Fsp3) is 0.708. The van der Waals surface area contributed by atoms with Gasteiger partial charge >= 0.3 is 0 Å². The van der Waals surface area contributed by atoms with Gasteiger partial charge in [-0.25, -0.2) is 0 Å². The Morgan fingerprint density at radius 3 is 2.82 bits per heavy atom. The van der Waals surface area contributed by atoms with Crippen LogP contribution in [0.5, 0.6) is 0 Å². The molecule has 154 valence electrons. The van der Waals surface area contributed by atoms with Gasteiger partial charge < -0.3 is 14.8 Å². The van der Waals surface area contributed by atoms with Gasteiger partial charge in [-0.2, -0.15) is 0 Å². The third-order valence-electron chi connectivity index (χ3n) is 8.02. The zero-order chi connectivity index (χ0) is 19.8. The van der Waals surface area contributed by atoms with Crippen LogP contribution in [0.15, 0.2) is 30.3 Å². The predicted octanol–water partition coefficient (Wildman–Crippen LogP) is 3.98. The molecule has 0 radical (unpaired) electrons. The summed E-state index contributed by atoms with van der Waals surface area (Å²) in [6.07, 6.45) is 6.47. The molecule has 2 bridgehead atoms. The molecule has 1 amide bonds. The van der Waals surface area contributed by atoms with E-state index in [1.165, 1.54) is 18.4 Å². The summed E-state index contributed by atoms with van der Waals surface area (Å²) in [6.45, 7) is 6.03. The molecular formula is C24H35NO3. The molecule has 1 aromatic rings. The standard InChI is InChI=1S/C24H35NO3/c1-23(2)18-15-19-20(10-9-17-7-5-4-6-8-17)28-14-12-24(19,16-18)22(23)25-21(26)11-13-27-3/h4-8,18-20,22H,9-16H2,1-3H3,(H,25,26)/t18-,19-,20-,22+,24?/m1/s1. The maximum absolute atomic E-state index is 12.6. The van der Waals surface area contributed by atoms with Gasteiger partial charge in [0.2, 0.25) is 5.91 Å². The maximum Gasteiger partial charge on any atom is 0.222 e. The average Bonchev–Trinajstić information content (AvgIpc) is 3.18. The number of ether oxygens (including phenoxy) is 2. The molecule has 1 heterocycles. The van der Waals surface area contributed by atoms with Crippen molar-refractivity contribution in [1.29, 1.82) is 0 Å². The fourth-order valence-electron chi connectivity index (χ4n) is 6.58. The number of benzene rings is 1. The first-order chi connectivity index (χ1) is 13.5. The molecule has 28 heavy (non-hydrogen) atoms. The highest BCUT2D eigenvalue weighted by Gasteiger charge is 2.68. The van der Waals surface area contributed by atoms with Crippen molar-refractivity contribution in [3.8, 4) is 0 Å². The van der Waals surface area contributed by atoms with E-state index < -0.39 is 0 Å². The topological polar surface area (TPSA) is 47.6 Å². The highest BCUT2D eigenvalue weighted by molar-refractivity contribution is 5.76. The summed E-state index contributed by atoms with van der Waals surface area (Å²) in [4.78, 5) is 12.6. The number of amides is 1. The number of methoxy groups -OCH3 is 1. The van der Waals surface area contributed by atoms with Crippen molar-refractivity contribution in [2.75, 3.05) is 20.3 Å². The fourth-order valence-corrected chi connectivity index (χ4v) is 6.58.